The van der Waals surface area contributed by atoms with Crippen molar-refractivity contribution >= 4 is 23.5 Å². The van der Waals surface area contributed by atoms with Gasteiger partial charge in [0, 0.05) is 11.4 Å². The quantitative estimate of drug-likeness (QED) is 0.620. The molecule has 2 aromatic rings. The Bertz CT molecular complexity index is 545. The van der Waals surface area contributed by atoms with Crippen LogP contribution in [0.25, 0.3) is 12.2 Å². The maximum absolute atomic E-state index is 5.79. The van der Waals surface area contributed by atoms with Crippen LogP contribution in [0.2, 0.25) is 0 Å². The molecular formula is C16H18N2. The summed E-state index contributed by atoms with van der Waals surface area (Å²) < 4.78 is 0. The molecule has 0 unspecified atom stereocenters. The van der Waals surface area contributed by atoms with Crippen molar-refractivity contribution in [1.82, 2.24) is 0 Å². The number of benzene rings is 2. The number of hydrogen-bond acceptors (Lipinski definition) is 2. The molecule has 0 spiro atoms. The van der Waals surface area contributed by atoms with Crippen LogP contribution in [0, 0.1) is 13.8 Å². The fraction of sp³-hybridized carbons (Fsp3) is 0.125. The fourth-order valence-corrected chi connectivity index (χ4v) is 1.80. The Hall–Kier alpha value is -2.22. The zero-order valence-corrected chi connectivity index (χ0v) is 10.8. The van der Waals surface area contributed by atoms with Crippen molar-refractivity contribution < 1.29 is 0 Å². The summed E-state index contributed by atoms with van der Waals surface area (Å²) >= 11 is 0. The average Bonchev–Trinajstić information content (AvgIpc) is 2.35. The molecule has 0 amide bonds. The van der Waals surface area contributed by atoms with Gasteiger partial charge in [0.05, 0.1) is 0 Å². The first-order valence-electron chi connectivity index (χ1n) is 5.96. The molecule has 0 heterocycles. The van der Waals surface area contributed by atoms with Crippen LogP contribution in [0.3, 0.4) is 0 Å². The van der Waals surface area contributed by atoms with Gasteiger partial charge in [-0.25, -0.2) is 0 Å². The first kappa shape index (κ1) is 12.2. The molecule has 0 aliphatic heterocycles. The summed E-state index contributed by atoms with van der Waals surface area (Å²) in [5.41, 5.74) is 17.8. The Morgan fingerprint density at radius 2 is 1.11 bits per heavy atom. The van der Waals surface area contributed by atoms with Crippen molar-refractivity contribution in [3.63, 3.8) is 0 Å². The Balaban J connectivity index is 2.24. The van der Waals surface area contributed by atoms with Gasteiger partial charge in [0.2, 0.25) is 0 Å². The standard InChI is InChI=1S/C16H18N2/c1-11-9-13(5-7-15(11)17)3-4-14-6-8-16(18)12(2)10-14/h3-10H,17-18H2,1-2H3. The number of hydrogen-bond donors (Lipinski definition) is 2. The Morgan fingerprint density at radius 3 is 1.44 bits per heavy atom. The summed E-state index contributed by atoms with van der Waals surface area (Å²) in [6, 6.07) is 12.1. The van der Waals surface area contributed by atoms with E-state index in [0.29, 0.717) is 0 Å². The van der Waals surface area contributed by atoms with E-state index in [1.54, 1.807) is 0 Å². The third-order valence-corrected chi connectivity index (χ3v) is 3.06. The molecule has 2 nitrogen and oxygen atoms in total. The van der Waals surface area contributed by atoms with E-state index in [4.69, 9.17) is 11.5 Å². The van der Waals surface area contributed by atoms with E-state index in [9.17, 15) is 0 Å². The van der Waals surface area contributed by atoms with Crippen LogP contribution in [0.1, 0.15) is 22.3 Å². The van der Waals surface area contributed by atoms with Crippen LogP contribution >= 0.6 is 0 Å². The number of nitrogen functional groups attached to an aromatic ring is 2. The van der Waals surface area contributed by atoms with Gasteiger partial charge in [-0.1, -0.05) is 24.3 Å². The van der Waals surface area contributed by atoms with Gasteiger partial charge >= 0.3 is 0 Å². The molecule has 0 fully saturated rings. The molecule has 0 saturated carbocycles. The van der Waals surface area contributed by atoms with Gasteiger partial charge in [-0.3, -0.25) is 0 Å². The second-order valence-electron chi connectivity index (χ2n) is 4.57. The minimum absolute atomic E-state index is 0.829. The molecule has 4 N–H and O–H groups in total. The van der Waals surface area contributed by atoms with Gasteiger partial charge in [0.25, 0.3) is 0 Å². The maximum Gasteiger partial charge on any atom is 0.0344 e. The topological polar surface area (TPSA) is 52.0 Å². The zero-order chi connectivity index (χ0) is 13.1. The van der Waals surface area contributed by atoms with E-state index in [2.05, 4.69) is 24.3 Å². The van der Waals surface area contributed by atoms with Crippen molar-refractivity contribution in [3.8, 4) is 0 Å². The summed E-state index contributed by atoms with van der Waals surface area (Å²) in [6.45, 7) is 4.03. The van der Waals surface area contributed by atoms with Gasteiger partial charge in [0.15, 0.2) is 0 Å². The van der Waals surface area contributed by atoms with E-state index in [-0.39, 0.29) is 0 Å². The van der Waals surface area contributed by atoms with Crippen molar-refractivity contribution in [1.29, 1.82) is 0 Å². The minimum atomic E-state index is 0.829. The predicted octanol–water partition coefficient (Wildman–Crippen LogP) is 3.64. The number of nitrogens with two attached hydrogens (primary N) is 2. The lowest BCUT2D eigenvalue weighted by atomic mass is 10.1. The molecule has 18 heavy (non-hydrogen) atoms. The second-order valence-corrected chi connectivity index (χ2v) is 4.57. The van der Waals surface area contributed by atoms with Crippen LogP contribution in [-0.4, -0.2) is 0 Å². The van der Waals surface area contributed by atoms with Gasteiger partial charge < -0.3 is 11.5 Å². The second kappa shape index (κ2) is 4.96. The van der Waals surface area contributed by atoms with E-state index in [1.165, 1.54) is 0 Å². The van der Waals surface area contributed by atoms with E-state index < -0.39 is 0 Å². The molecule has 0 aromatic heterocycles. The van der Waals surface area contributed by atoms with Crippen LogP contribution in [0.5, 0.6) is 0 Å². The Morgan fingerprint density at radius 1 is 0.722 bits per heavy atom. The predicted molar refractivity (Wildman–Crippen MR) is 80.1 cm³/mol. The lowest BCUT2D eigenvalue weighted by Gasteiger charge is -2.02. The summed E-state index contributed by atoms with van der Waals surface area (Å²) in [5.74, 6) is 0. The lowest BCUT2D eigenvalue weighted by Crippen LogP contribution is -1.89. The van der Waals surface area contributed by atoms with E-state index in [0.717, 1.165) is 33.6 Å². The fourth-order valence-electron chi connectivity index (χ4n) is 1.80. The van der Waals surface area contributed by atoms with Crippen molar-refractivity contribution in [2.24, 2.45) is 0 Å². The van der Waals surface area contributed by atoms with Gasteiger partial charge in [-0.15, -0.1) is 0 Å². The SMILES string of the molecule is Cc1cc(C=Cc2ccc(N)c(C)c2)ccc1N. The van der Waals surface area contributed by atoms with Crippen molar-refractivity contribution in [3.05, 3.63) is 58.7 Å². The highest BCUT2D eigenvalue weighted by atomic mass is 14.6. The van der Waals surface area contributed by atoms with Crippen LogP contribution < -0.4 is 11.5 Å². The zero-order valence-electron chi connectivity index (χ0n) is 10.8. The van der Waals surface area contributed by atoms with Gasteiger partial charge in [-0.2, -0.15) is 0 Å². The average molecular weight is 238 g/mol. The van der Waals surface area contributed by atoms with Crippen LogP contribution in [0.15, 0.2) is 36.4 Å². The summed E-state index contributed by atoms with van der Waals surface area (Å²) in [5, 5.41) is 0. The monoisotopic (exact) mass is 238 g/mol. The van der Waals surface area contributed by atoms with E-state index >= 15 is 0 Å². The highest BCUT2D eigenvalue weighted by Crippen LogP contribution is 2.17. The maximum atomic E-state index is 5.79. The van der Waals surface area contributed by atoms with Crippen molar-refractivity contribution in [2.75, 3.05) is 11.5 Å². The molecule has 92 valence electrons. The van der Waals surface area contributed by atoms with Crippen molar-refractivity contribution in [2.45, 2.75) is 13.8 Å². The highest BCUT2D eigenvalue weighted by Gasteiger charge is 1.95. The number of aryl methyl sites for hydroxylation is 2. The molecule has 0 atom stereocenters. The molecule has 2 heteroatoms. The lowest BCUT2D eigenvalue weighted by molar-refractivity contribution is 1.45. The summed E-state index contributed by atoms with van der Waals surface area (Å²) in [4.78, 5) is 0. The molecule has 0 aliphatic carbocycles. The largest absolute Gasteiger partial charge is 0.399 e. The first-order valence-corrected chi connectivity index (χ1v) is 5.96. The third kappa shape index (κ3) is 2.72. The van der Waals surface area contributed by atoms with E-state index in [1.807, 2.05) is 38.1 Å². The molecule has 0 aliphatic rings. The number of anilines is 2. The molecular weight excluding hydrogens is 220 g/mol. The highest BCUT2D eigenvalue weighted by molar-refractivity contribution is 5.72. The third-order valence-electron chi connectivity index (χ3n) is 3.06. The summed E-state index contributed by atoms with van der Waals surface area (Å²) in [6.07, 6.45) is 4.16. The smallest absolute Gasteiger partial charge is 0.0344 e. The molecule has 2 aromatic carbocycles. The first-order chi connectivity index (χ1) is 8.56. The Labute approximate surface area is 108 Å². The van der Waals surface area contributed by atoms with Crippen LogP contribution in [-0.2, 0) is 0 Å². The molecule has 0 radical (unpaired) electrons. The minimum Gasteiger partial charge on any atom is -0.399 e. The van der Waals surface area contributed by atoms with Gasteiger partial charge in [-0.05, 0) is 60.4 Å². The summed E-state index contributed by atoms with van der Waals surface area (Å²) in [7, 11) is 0. The Kier molecular flexibility index (Phi) is 3.38. The number of rotatable bonds is 2. The molecule has 0 saturated heterocycles. The normalized spacial score (nSPS) is 11.0. The van der Waals surface area contributed by atoms with Gasteiger partial charge in [0.1, 0.15) is 0 Å². The molecule has 2 rings (SSSR count). The van der Waals surface area contributed by atoms with Crippen LogP contribution in [0.4, 0.5) is 11.4 Å². The molecule has 0 bridgehead atoms.